The fourth-order valence-electron chi connectivity index (χ4n) is 2.76. The van der Waals surface area contributed by atoms with Crippen LogP contribution in [0.25, 0.3) is 0 Å². The molecule has 2 N–H and O–H groups in total. The van der Waals surface area contributed by atoms with E-state index < -0.39 is 0 Å². The van der Waals surface area contributed by atoms with Gasteiger partial charge in [0, 0.05) is 25.9 Å². The van der Waals surface area contributed by atoms with Crippen LogP contribution in [-0.2, 0) is 0 Å². The van der Waals surface area contributed by atoms with E-state index in [4.69, 9.17) is 17.0 Å². The highest BCUT2D eigenvalue weighted by Crippen LogP contribution is 2.46. The highest BCUT2D eigenvalue weighted by molar-refractivity contribution is 6.52. The molecule has 1 saturated carbocycles. The van der Waals surface area contributed by atoms with Crippen LogP contribution in [-0.4, -0.2) is 36.5 Å². The summed E-state index contributed by atoms with van der Waals surface area (Å²) in [6.07, 6.45) is 4.16. The van der Waals surface area contributed by atoms with Crippen LogP contribution in [0.5, 0.6) is 0 Å². The molecule has 20 heavy (non-hydrogen) atoms. The second-order valence-electron chi connectivity index (χ2n) is 5.38. The SMILES string of the molecule is CN/N=C1\C(=N)c2c(C3CC3)cnc(Cl)c2N(C)C1C. The molecule has 0 aromatic carbocycles. The van der Waals surface area contributed by atoms with Crippen LogP contribution in [0.3, 0.4) is 0 Å². The summed E-state index contributed by atoms with van der Waals surface area (Å²) in [5, 5.41) is 13.3. The normalized spacial score (nSPS) is 24.0. The Morgan fingerprint density at radius 3 is 2.80 bits per heavy atom. The standard InChI is InChI=1S/C14H18ClN5/c1-7-12(19-17-2)11(16)10-9(8-4-5-8)6-18-14(15)13(10)20(7)3/h6-8,16-17H,4-5H2,1-3H3/b16-11?,19-12-. The second kappa shape index (κ2) is 4.74. The maximum Gasteiger partial charge on any atom is 0.153 e. The fraction of sp³-hybridized carbons (Fsp3) is 0.500. The maximum absolute atomic E-state index is 8.53. The number of hydrogen-bond acceptors (Lipinski definition) is 5. The number of nitrogens with zero attached hydrogens (tertiary/aromatic N) is 3. The van der Waals surface area contributed by atoms with E-state index in [0.29, 0.717) is 16.8 Å². The van der Waals surface area contributed by atoms with Crippen LogP contribution >= 0.6 is 11.6 Å². The van der Waals surface area contributed by atoms with Crippen molar-refractivity contribution < 1.29 is 0 Å². The zero-order valence-corrected chi connectivity index (χ0v) is 12.6. The minimum atomic E-state index is -0.00352. The molecule has 106 valence electrons. The van der Waals surface area contributed by atoms with Crippen molar-refractivity contribution in [3.63, 3.8) is 0 Å². The van der Waals surface area contributed by atoms with Gasteiger partial charge in [-0.05, 0) is 31.2 Å². The van der Waals surface area contributed by atoms with Gasteiger partial charge in [-0.3, -0.25) is 5.41 Å². The highest BCUT2D eigenvalue weighted by atomic mass is 35.5. The monoisotopic (exact) mass is 291 g/mol. The zero-order valence-electron chi connectivity index (χ0n) is 11.9. The van der Waals surface area contributed by atoms with Crippen molar-refractivity contribution in [3.8, 4) is 0 Å². The average Bonchev–Trinajstić information content (AvgIpc) is 3.25. The number of nitrogens with one attached hydrogen (secondary N) is 2. The summed E-state index contributed by atoms with van der Waals surface area (Å²) in [5.74, 6) is 0.520. The van der Waals surface area contributed by atoms with Crippen molar-refractivity contribution in [3.05, 3.63) is 22.5 Å². The van der Waals surface area contributed by atoms with Crippen molar-refractivity contribution in [1.29, 1.82) is 5.41 Å². The van der Waals surface area contributed by atoms with E-state index in [2.05, 4.69) is 20.4 Å². The van der Waals surface area contributed by atoms with Gasteiger partial charge in [-0.2, -0.15) is 5.10 Å². The summed E-state index contributed by atoms with van der Waals surface area (Å²) in [4.78, 5) is 6.38. The molecule has 3 rings (SSSR count). The van der Waals surface area contributed by atoms with E-state index in [-0.39, 0.29) is 6.04 Å². The number of rotatable bonds is 2. The van der Waals surface area contributed by atoms with Crippen LogP contribution in [0.15, 0.2) is 11.3 Å². The molecule has 5 nitrogen and oxygen atoms in total. The highest BCUT2D eigenvalue weighted by Gasteiger charge is 2.38. The Kier molecular flexibility index (Phi) is 3.17. The predicted octanol–water partition coefficient (Wildman–Crippen LogP) is 2.39. The lowest BCUT2D eigenvalue weighted by Crippen LogP contribution is -2.46. The number of anilines is 1. The summed E-state index contributed by atoms with van der Waals surface area (Å²) < 4.78 is 0. The Hall–Kier alpha value is -1.62. The first-order valence-electron chi connectivity index (χ1n) is 6.81. The molecule has 0 amide bonds. The Morgan fingerprint density at radius 2 is 2.20 bits per heavy atom. The summed E-state index contributed by atoms with van der Waals surface area (Å²) in [7, 11) is 3.73. The zero-order chi connectivity index (χ0) is 14.4. The molecule has 1 aromatic heterocycles. The van der Waals surface area contributed by atoms with Gasteiger partial charge in [-0.25, -0.2) is 4.98 Å². The minimum absolute atomic E-state index is 0.00352. The third-order valence-corrected chi connectivity index (χ3v) is 4.40. The lowest BCUT2D eigenvalue weighted by molar-refractivity contribution is 0.817. The van der Waals surface area contributed by atoms with Gasteiger partial charge in [0.05, 0.1) is 17.4 Å². The lowest BCUT2D eigenvalue weighted by Gasteiger charge is -2.36. The van der Waals surface area contributed by atoms with Crippen molar-refractivity contribution in [2.75, 3.05) is 19.0 Å². The van der Waals surface area contributed by atoms with E-state index >= 15 is 0 Å². The van der Waals surface area contributed by atoms with E-state index in [1.54, 1.807) is 7.05 Å². The van der Waals surface area contributed by atoms with Crippen LogP contribution in [0.1, 0.15) is 36.8 Å². The van der Waals surface area contributed by atoms with Crippen molar-refractivity contribution >= 4 is 28.7 Å². The van der Waals surface area contributed by atoms with Gasteiger partial charge >= 0.3 is 0 Å². The van der Waals surface area contributed by atoms with Crippen LogP contribution in [0, 0.1) is 5.41 Å². The molecule has 1 aromatic rings. The summed E-state index contributed by atoms with van der Waals surface area (Å²) >= 11 is 6.28. The molecule has 1 atom stereocenters. The average molecular weight is 292 g/mol. The Morgan fingerprint density at radius 1 is 1.50 bits per heavy atom. The van der Waals surface area contributed by atoms with Crippen molar-refractivity contribution in [1.82, 2.24) is 10.4 Å². The van der Waals surface area contributed by atoms with Crippen LogP contribution in [0.4, 0.5) is 5.69 Å². The molecular formula is C14H18ClN5. The van der Waals surface area contributed by atoms with Gasteiger partial charge in [0.15, 0.2) is 5.15 Å². The largest absolute Gasteiger partial charge is 0.363 e. The molecule has 6 heteroatoms. The molecule has 1 aliphatic heterocycles. The van der Waals surface area contributed by atoms with Gasteiger partial charge < -0.3 is 10.3 Å². The fourth-order valence-corrected chi connectivity index (χ4v) is 3.04. The summed E-state index contributed by atoms with van der Waals surface area (Å²) in [6, 6.07) is -0.00352. The van der Waals surface area contributed by atoms with Crippen molar-refractivity contribution in [2.24, 2.45) is 5.10 Å². The second-order valence-corrected chi connectivity index (χ2v) is 5.74. The van der Waals surface area contributed by atoms with Gasteiger partial charge in [0.2, 0.25) is 0 Å². The number of hydrogen-bond donors (Lipinski definition) is 2. The molecule has 1 unspecified atom stereocenters. The topological polar surface area (TPSA) is 64.4 Å². The Bertz CT molecular complexity index is 606. The van der Waals surface area contributed by atoms with Crippen molar-refractivity contribution in [2.45, 2.75) is 31.7 Å². The third kappa shape index (κ3) is 1.88. The maximum atomic E-state index is 8.53. The lowest BCUT2D eigenvalue weighted by atomic mass is 9.89. The van der Waals surface area contributed by atoms with Gasteiger partial charge in [-0.15, -0.1) is 0 Å². The van der Waals surface area contributed by atoms with Crippen LogP contribution in [0.2, 0.25) is 5.15 Å². The minimum Gasteiger partial charge on any atom is -0.363 e. The van der Waals surface area contributed by atoms with Gasteiger partial charge in [0.1, 0.15) is 5.71 Å². The number of fused-ring (bicyclic) bond motifs is 1. The molecule has 0 radical (unpaired) electrons. The molecule has 0 spiro atoms. The predicted molar refractivity (Wildman–Crippen MR) is 82.4 cm³/mol. The number of halogens is 1. The first kappa shape index (κ1) is 13.4. The first-order valence-corrected chi connectivity index (χ1v) is 7.18. The summed E-state index contributed by atoms with van der Waals surface area (Å²) in [5.41, 5.74) is 6.91. The number of pyridine rings is 1. The molecule has 2 aliphatic rings. The van der Waals surface area contributed by atoms with E-state index in [1.807, 2.05) is 20.2 Å². The molecule has 1 fully saturated rings. The Balaban J connectivity index is 2.23. The molecule has 0 bridgehead atoms. The molecular weight excluding hydrogens is 274 g/mol. The molecule has 2 heterocycles. The van der Waals surface area contributed by atoms with Gasteiger partial charge in [-0.1, -0.05) is 11.6 Å². The Labute approximate surface area is 123 Å². The molecule has 0 saturated heterocycles. The summed E-state index contributed by atoms with van der Waals surface area (Å²) in [6.45, 7) is 2.02. The quantitative estimate of drug-likeness (QED) is 0.649. The van der Waals surface area contributed by atoms with Gasteiger partial charge in [0.25, 0.3) is 0 Å². The third-order valence-electron chi connectivity index (χ3n) is 4.12. The number of hydrazone groups is 1. The van der Waals surface area contributed by atoms with Crippen LogP contribution < -0.4 is 10.3 Å². The van der Waals surface area contributed by atoms with E-state index in [0.717, 1.165) is 22.5 Å². The number of aromatic nitrogens is 1. The van der Waals surface area contributed by atoms with E-state index in [9.17, 15) is 0 Å². The first-order chi connectivity index (χ1) is 9.56. The molecule has 1 aliphatic carbocycles. The van der Waals surface area contributed by atoms with E-state index in [1.165, 1.54) is 12.8 Å². The smallest absolute Gasteiger partial charge is 0.153 e.